The van der Waals surface area contributed by atoms with Gasteiger partial charge in [0.25, 0.3) is 0 Å². The van der Waals surface area contributed by atoms with Gasteiger partial charge in [0.2, 0.25) is 0 Å². The van der Waals surface area contributed by atoms with E-state index in [1.54, 1.807) is 0 Å². The molecule has 288 valence electrons. The summed E-state index contributed by atoms with van der Waals surface area (Å²) in [6.45, 7) is 0. The third-order valence-corrected chi connectivity index (χ3v) is 12.1. The molecule has 0 fully saturated rings. The van der Waals surface area contributed by atoms with Crippen molar-refractivity contribution >= 4 is 53.9 Å². The molecule has 0 saturated heterocycles. The Hall–Kier alpha value is -8.34. The SMILES string of the molecule is c1ccc2cc3cc(-c4ccc(-c5nc(-c6ccc(-c7ccc8cnccc8c7)cc6)nc(-c6ccc(-c7ccc8cc9ccccc9cc8c7)cc6)n5)cc4)ccc3cc2c1. The number of hydrogen-bond acceptors (Lipinski definition) is 4. The lowest BCUT2D eigenvalue weighted by Gasteiger charge is -2.11. The van der Waals surface area contributed by atoms with Gasteiger partial charge in [0.05, 0.1) is 0 Å². The number of hydrogen-bond donors (Lipinski definition) is 0. The van der Waals surface area contributed by atoms with Crippen molar-refractivity contribution in [3.8, 4) is 67.5 Å². The average Bonchev–Trinajstić information content (AvgIpc) is 3.34. The maximum absolute atomic E-state index is 5.11. The van der Waals surface area contributed by atoms with Crippen LogP contribution in [0.25, 0.3) is 121 Å². The smallest absolute Gasteiger partial charge is 0.164 e. The fourth-order valence-electron chi connectivity index (χ4n) is 8.70. The summed E-state index contributed by atoms with van der Waals surface area (Å²) in [5.74, 6) is 1.87. The molecule has 0 N–H and O–H groups in total. The van der Waals surface area contributed by atoms with Gasteiger partial charge in [0.1, 0.15) is 0 Å². The van der Waals surface area contributed by atoms with E-state index in [2.05, 4.69) is 205 Å². The van der Waals surface area contributed by atoms with Gasteiger partial charge in [-0.3, -0.25) is 4.98 Å². The second-order valence-electron chi connectivity index (χ2n) is 16.0. The van der Waals surface area contributed by atoms with E-state index in [4.69, 9.17) is 15.0 Å². The first kappa shape index (κ1) is 35.6. The van der Waals surface area contributed by atoms with Crippen molar-refractivity contribution in [1.82, 2.24) is 19.9 Å². The highest BCUT2D eigenvalue weighted by molar-refractivity contribution is 6.01. The van der Waals surface area contributed by atoms with Gasteiger partial charge in [0, 0.05) is 34.5 Å². The molecular weight excluding hydrogens is 753 g/mol. The van der Waals surface area contributed by atoms with Crippen LogP contribution in [0.3, 0.4) is 0 Å². The van der Waals surface area contributed by atoms with Gasteiger partial charge >= 0.3 is 0 Å². The number of nitrogens with zero attached hydrogens (tertiary/aromatic N) is 4. The lowest BCUT2D eigenvalue weighted by Crippen LogP contribution is -2.00. The molecule has 0 aliphatic rings. The first-order valence-corrected chi connectivity index (χ1v) is 20.9. The van der Waals surface area contributed by atoms with E-state index in [1.807, 2.05) is 18.5 Å². The molecule has 0 radical (unpaired) electrons. The van der Waals surface area contributed by atoms with Crippen LogP contribution in [0.2, 0.25) is 0 Å². The molecule has 0 amide bonds. The quantitative estimate of drug-likeness (QED) is 0.158. The third kappa shape index (κ3) is 6.61. The van der Waals surface area contributed by atoms with Crippen LogP contribution in [0, 0.1) is 0 Å². The maximum atomic E-state index is 5.11. The molecular formula is C58H36N4. The Morgan fingerprint density at radius 1 is 0.210 bits per heavy atom. The van der Waals surface area contributed by atoms with Crippen LogP contribution in [-0.4, -0.2) is 19.9 Å². The monoisotopic (exact) mass is 788 g/mol. The van der Waals surface area contributed by atoms with E-state index in [1.165, 1.54) is 54.2 Å². The molecule has 12 rings (SSSR count). The van der Waals surface area contributed by atoms with E-state index in [0.29, 0.717) is 17.5 Å². The molecule has 0 bridgehead atoms. The molecule has 62 heavy (non-hydrogen) atoms. The summed E-state index contributed by atoms with van der Waals surface area (Å²) in [5, 5.41) is 12.2. The molecule has 12 aromatic rings. The third-order valence-electron chi connectivity index (χ3n) is 12.1. The molecule has 0 saturated carbocycles. The van der Waals surface area contributed by atoms with Crippen LogP contribution in [0.1, 0.15) is 0 Å². The minimum atomic E-state index is 0.623. The van der Waals surface area contributed by atoms with E-state index >= 15 is 0 Å². The highest BCUT2D eigenvalue weighted by Crippen LogP contribution is 2.34. The van der Waals surface area contributed by atoms with Crippen LogP contribution < -0.4 is 0 Å². The van der Waals surface area contributed by atoms with Crippen molar-refractivity contribution in [1.29, 1.82) is 0 Å². The summed E-state index contributed by atoms with van der Waals surface area (Å²) in [7, 11) is 0. The molecule has 4 heteroatoms. The molecule has 10 aromatic carbocycles. The molecule has 0 aliphatic carbocycles. The van der Waals surface area contributed by atoms with Crippen LogP contribution in [0.5, 0.6) is 0 Å². The second kappa shape index (κ2) is 14.7. The summed E-state index contributed by atoms with van der Waals surface area (Å²) < 4.78 is 0. The number of fused-ring (bicyclic) bond motifs is 5. The molecule has 0 aliphatic heterocycles. The predicted octanol–water partition coefficient (Wildman–Crippen LogP) is 15.0. The highest BCUT2D eigenvalue weighted by Gasteiger charge is 2.14. The normalized spacial score (nSPS) is 11.5. The van der Waals surface area contributed by atoms with Crippen molar-refractivity contribution in [2.45, 2.75) is 0 Å². The number of benzene rings is 10. The van der Waals surface area contributed by atoms with Gasteiger partial charge in [-0.1, -0.05) is 158 Å². The summed E-state index contributed by atoms with van der Waals surface area (Å²) in [4.78, 5) is 19.6. The van der Waals surface area contributed by atoms with E-state index in [0.717, 1.165) is 49.7 Å². The van der Waals surface area contributed by atoms with Crippen molar-refractivity contribution in [3.63, 3.8) is 0 Å². The lowest BCUT2D eigenvalue weighted by molar-refractivity contribution is 1.07. The maximum Gasteiger partial charge on any atom is 0.164 e. The number of aromatic nitrogens is 4. The Kier molecular flexibility index (Phi) is 8.46. The molecule has 0 spiro atoms. The first-order chi connectivity index (χ1) is 30.6. The summed E-state index contributed by atoms with van der Waals surface area (Å²) in [5.41, 5.74) is 9.64. The molecule has 0 unspecified atom stereocenters. The lowest BCUT2D eigenvalue weighted by atomic mass is 9.98. The average molecular weight is 789 g/mol. The summed E-state index contributed by atoms with van der Waals surface area (Å²) in [6, 6.07) is 73.7. The largest absolute Gasteiger partial charge is 0.264 e. The van der Waals surface area contributed by atoms with Gasteiger partial charge in [-0.15, -0.1) is 0 Å². The van der Waals surface area contributed by atoms with Gasteiger partial charge in [-0.05, 0) is 130 Å². The van der Waals surface area contributed by atoms with Crippen molar-refractivity contribution in [2.75, 3.05) is 0 Å². The second-order valence-corrected chi connectivity index (χ2v) is 16.0. The zero-order valence-corrected chi connectivity index (χ0v) is 33.6. The summed E-state index contributed by atoms with van der Waals surface area (Å²) >= 11 is 0. The van der Waals surface area contributed by atoms with Crippen molar-refractivity contribution in [2.24, 2.45) is 0 Å². The minimum Gasteiger partial charge on any atom is -0.264 e. The van der Waals surface area contributed by atoms with Gasteiger partial charge in [-0.2, -0.15) is 0 Å². The zero-order valence-electron chi connectivity index (χ0n) is 33.6. The zero-order chi connectivity index (χ0) is 41.0. The Balaban J connectivity index is 0.905. The van der Waals surface area contributed by atoms with E-state index in [-0.39, 0.29) is 0 Å². The molecule has 2 aromatic heterocycles. The van der Waals surface area contributed by atoms with E-state index in [9.17, 15) is 0 Å². The Morgan fingerprint density at radius 3 is 0.903 bits per heavy atom. The van der Waals surface area contributed by atoms with Crippen LogP contribution in [-0.2, 0) is 0 Å². The van der Waals surface area contributed by atoms with E-state index < -0.39 is 0 Å². The molecule has 0 atom stereocenters. The Labute approximate surface area is 358 Å². The van der Waals surface area contributed by atoms with Crippen LogP contribution >= 0.6 is 0 Å². The van der Waals surface area contributed by atoms with Gasteiger partial charge in [-0.25, -0.2) is 15.0 Å². The van der Waals surface area contributed by atoms with Crippen LogP contribution in [0.4, 0.5) is 0 Å². The minimum absolute atomic E-state index is 0.623. The molecule has 2 heterocycles. The topological polar surface area (TPSA) is 51.6 Å². The highest BCUT2D eigenvalue weighted by atomic mass is 15.0. The van der Waals surface area contributed by atoms with Crippen molar-refractivity contribution in [3.05, 3.63) is 219 Å². The molecule has 4 nitrogen and oxygen atoms in total. The predicted molar refractivity (Wildman–Crippen MR) is 258 cm³/mol. The van der Waals surface area contributed by atoms with Gasteiger partial charge < -0.3 is 0 Å². The fraction of sp³-hybridized carbons (Fsp3) is 0. The van der Waals surface area contributed by atoms with Crippen LogP contribution in [0.15, 0.2) is 219 Å². The number of pyridine rings is 1. The Morgan fingerprint density at radius 2 is 0.500 bits per heavy atom. The van der Waals surface area contributed by atoms with Crippen molar-refractivity contribution < 1.29 is 0 Å². The standard InChI is InChI=1S/C58H36N4/c1-3-7-45-32-54-34-48(21-23-50(54)29-43(45)5-1)38-11-17-41(18-12-38)57-60-56(40-15-9-37(10-16-40)47-25-26-53-36-59-28-27-52(53)31-47)61-58(62-57)42-19-13-39(14-20-42)49-22-24-51-30-44-6-2-4-8-46(44)33-55(51)35-49/h1-36H. The van der Waals surface area contributed by atoms with Gasteiger partial charge in [0.15, 0.2) is 17.5 Å². The summed E-state index contributed by atoms with van der Waals surface area (Å²) in [6.07, 6.45) is 3.73. The Bertz CT molecular complexity index is 3490. The first-order valence-electron chi connectivity index (χ1n) is 20.9. The number of rotatable bonds is 6. The fourth-order valence-corrected chi connectivity index (χ4v) is 8.70.